The van der Waals surface area contributed by atoms with E-state index in [9.17, 15) is 9.90 Å². The number of carbonyl (C=O) groups excluding carboxylic acids is 1. The van der Waals surface area contributed by atoms with Crippen molar-refractivity contribution in [3.05, 3.63) is 52.7 Å². The number of fused-ring (bicyclic) bond motifs is 1. The molecule has 1 aromatic heterocycles. The fourth-order valence-corrected chi connectivity index (χ4v) is 5.55. The standard InChI is InChI=1S/C29H34ClN3O2/c1-4-17-13-20(15-25(30)29(17)35)19-7-12-26-23(14-19)27(24(16-31-26)28(34)18-5-6-18)32-21-8-10-22(11-9-21)33(2)3/h7,12-16,18,21-22,35H,4-6,8-11H2,1-3H3,(H,31,32). The second-order valence-electron chi connectivity index (χ2n) is 10.4. The lowest BCUT2D eigenvalue weighted by molar-refractivity contribution is 0.0968. The Bertz CT molecular complexity index is 1260. The van der Waals surface area contributed by atoms with E-state index in [-0.39, 0.29) is 17.5 Å². The molecule has 0 amide bonds. The van der Waals surface area contributed by atoms with E-state index < -0.39 is 0 Å². The summed E-state index contributed by atoms with van der Waals surface area (Å²) in [7, 11) is 4.31. The van der Waals surface area contributed by atoms with Crippen molar-refractivity contribution in [3.63, 3.8) is 0 Å². The van der Waals surface area contributed by atoms with Gasteiger partial charge in [-0.25, -0.2) is 0 Å². The van der Waals surface area contributed by atoms with Crippen LogP contribution in [0.5, 0.6) is 5.75 Å². The fourth-order valence-electron chi connectivity index (χ4n) is 5.31. The normalized spacial score (nSPS) is 20.4. The molecule has 0 atom stereocenters. The van der Waals surface area contributed by atoms with E-state index in [1.165, 1.54) is 0 Å². The van der Waals surface area contributed by atoms with Gasteiger partial charge in [0.1, 0.15) is 5.75 Å². The van der Waals surface area contributed by atoms with Crippen molar-refractivity contribution in [1.82, 2.24) is 9.88 Å². The quantitative estimate of drug-likeness (QED) is 0.360. The zero-order chi connectivity index (χ0) is 24.7. The van der Waals surface area contributed by atoms with Gasteiger partial charge in [-0.05, 0) is 100.0 Å². The predicted octanol–water partition coefficient (Wildman–Crippen LogP) is 6.70. The molecule has 5 rings (SSSR count). The number of anilines is 1. The highest BCUT2D eigenvalue weighted by Gasteiger charge is 2.33. The van der Waals surface area contributed by atoms with E-state index in [4.69, 9.17) is 11.6 Å². The number of Topliss-reactive ketones (excluding diaryl/α,β-unsaturated/α-hetero) is 1. The maximum absolute atomic E-state index is 13.2. The number of benzene rings is 2. The molecule has 0 unspecified atom stereocenters. The first-order valence-electron chi connectivity index (χ1n) is 12.8. The number of rotatable bonds is 7. The minimum Gasteiger partial charge on any atom is -0.506 e. The van der Waals surface area contributed by atoms with Crippen molar-refractivity contribution >= 4 is 34.0 Å². The van der Waals surface area contributed by atoms with Crippen molar-refractivity contribution in [1.29, 1.82) is 0 Å². The zero-order valence-corrected chi connectivity index (χ0v) is 21.5. The third kappa shape index (κ3) is 4.89. The van der Waals surface area contributed by atoms with Crippen LogP contribution in [0.2, 0.25) is 5.02 Å². The van der Waals surface area contributed by atoms with Gasteiger partial charge in [-0.1, -0.05) is 24.6 Å². The zero-order valence-electron chi connectivity index (χ0n) is 20.8. The van der Waals surface area contributed by atoms with Crippen LogP contribution >= 0.6 is 11.6 Å². The van der Waals surface area contributed by atoms with E-state index in [0.717, 1.165) is 71.8 Å². The Labute approximate surface area is 212 Å². The van der Waals surface area contributed by atoms with Crippen LogP contribution in [0.3, 0.4) is 0 Å². The van der Waals surface area contributed by atoms with E-state index in [0.29, 0.717) is 29.1 Å². The van der Waals surface area contributed by atoms with Crippen LogP contribution in [0.15, 0.2) is 36.5 Å². The van der Waals surface area contributed by atoms with Crippen LogP contribution in [0.25, 0.3) is 22.0 Å². The Morgan fingerprint density at radius 1 is 1.09 bits per heavy atom. The van der Waals surface area contributed by atoms with Crippen LogP contribution in [-0.2, 0) is 6.42 Å². The first-order chi connectivity index (χ1) is 16.9. The molecular weight excluding hydrogens is 458 g/mol. The number of carbonyl (C=O) groups is 1. The average molecular weight is 492 g/mol. The average Bonchev–Trinajstić information content (AvgIpc) is 3.71. The molecule has 0 spiro atoms. The second kappa shape index (κ2) is 9.79. The molecule has 0 radical (unpaired) electrons. The molecule has 2 saturated carbocycles. The number of halogens is 1. The lowest BCUT2D eigenvalue weighted by Crippen LogP contribution is -2.36. The number of aromatic nitrogens is 1. The smallest absolute Gasteiger partial charge is 0.169 e. The summed E-state index contributed by atoms with van der Waals surface area (Å²) in [5.41, 5.74) is 5.26. The number of phenols is 1. The summed E-state index contributed by atoms with van der Waals surface area (Å²) in [4.78, 5) is 20.2. The summed E-state index contributed by atoms with van der Waals surface area (Å²) in [6, 6.07) is 10.9. The van der Waals surface area contributed by atoms with Crippen LogP contribution in [0.4, 0.5) is 5.69 Å². The van der Waals surface area contributed by atoms with Gasteiger partial charge in [0.15, 0.2) is 5.78 Å². The first-order valence-corrected chi connectivity index (χ1v) is 13.1. The molecule has 2 N–H and O–H groups in total. The Hall–Kier alpha value is -2.63. The molecule has 184 valence electrons. The van der Waals surface area contributed by atoms with Gasteiger partial charge in [0, 0.05) is 29.6 Å². The number of hydrogen-bond donors (Lipinski definition) is 2. The molecular formula is C29H34ClN3O2. The van der Waals surface area contributed by atoms with E-state index in [1.54, 1.807) is 12.3 Å². The minimum atomic E-state index is 0.130. The topological polar surface area (TPSA) is 65.5 Å². The molecule has 2 aromatic carbocycles. The maximum Gasteiger partial charge on any atom is 0.169 e. The third-order valence-electron chi connectivity index (χ3n) is 7.71. The molecule has 6 heteroatoms. The van der Waals surface area contributed by atoms with Gasteiger partial charge in [-0.2, -0.15) is 0 Å². The van der Waals surface area contributed by atoms with Crippen molar-refractivity contribution < 1.29 is 9.90 Å². The third-order valence-corrected chi connectivity index (χ3v) is 8.00. The second-order valence-corrected chi connectivity index (χ2v) is 10.8. The molecule has 1 heterocycles. The molecule has 3 aromatic rings. The lowest BCUT2D eigenvalue weighted by atomic mass is 9.89. The highest BCUT2D eigenvalue weighted by atomic mass is 35.5. The largest absolute Gasteiger partial charge is 0.506 e. The first kappa shape index (κ1) is 24.1. The number of nitrogens with one attached hydrogen (secondary N) is 1. The van der Waals surface area contributed by atoms with Gasteiger partial charge in [-0.3, -0.25) is 9.78 Å². The number of aromatic hydroxyl groups is 1. The van der Waals surface area contributed by atoms with Crippen LogP contribution in [0, 0.1) is 5.92 Å². The number of nitrogens with zero attached hydrogens (tertiary/aromatic N) is 2. The highest BCUT2D eigenvalue weighted by molar-refractivity contribution is 6.32. The van der Waals surface area contributed by atoms with E-state index in [2.05, 4.69) is 35.4 Å². The molecule has 0 aliphatic heterocycles. The lowest BCUT2D eigenvalue weighted by Gasteiger charge is -2.34. The van der Waals surface area contributed by atoms with Gasteiger partial charge >= 0.3 is 0 Å². The SMILES string of the molecule is CCc1cc(-c2ccc3ncc(C(=O)C4CC4)c(NC4CCC(N(C)C)CC4)c3c2)cc(Cl)c1O. The van der Waals surface area contributed by atoms with Gasteiger partial charge in [0.25, 0.3) is 0 Å². The Kier molecular flexibility index (Phi) is 6.73. The highest BCUT2D eigenvalue weighted by Crippen LogP contribution is 2.40. The van der Waals surface area contributed by atoms with Gasteiger partial charge in [0.05, 0.1) is 21.8 Å². The summed E-state index contributed by atoms with van der Waals surface area (Å²) >= 11 is 6.35. The summed E-state index contributed by atoms with van der Waals surface area (Å²) in [6.07, 6.45) is 8.85. The van der Waals surface area contributed by atoms with Crippen molar-refractivity contribution in [2.75, 3.05) is 19.4 Å². The number of aryl methyl sites for hydroxylation is 1. The Morgan fingerprint density at radius 3 is 2.49 bits per heavy atom. The Morgan fingerprint density at radius 2 is 1.83 bits per heavy atom. The maximum atomic E-state index is 13.2. The van der Waals surface area contributed by atoms with E-state index >= 15 is 0 Å². The van der Waals surface area contributed by atoms with Crippen molar-refractivity contribution in [2.24, 2.45) is 5.92 Å². The minimum absolute atomic E-state index is 0.130. The van der Waals surface area contributed by atoms with Gasteiger partial charge < -0.3 is 15.3 Å². The molecule has 35 heavy (non-hydrogen) atoms. The number of pyridine rings is 1. The molecule has 2 fully saturated rings. The summed E-state index contributed by atoms with van der Waals surface area (Å²) < 4.78 is 0. The molecule has 5 nitrogen and oxygen atoms in total. The number of phenolic OH excluding ortho intramolecular Hbond substituents is 1. The number of ketones is 1. The molecule has 0 saturated heterocycles. The summed E-state index contributed by atoms with van der Waals surface area (Å²) in [5, 5.41) is 15.4. The summed E-state index contributed by atoms with van der Waals surface area (Å²) in [6.45, 7) is 2.00. The molecule has 0 bridgehead atoms. The van der Waals surface area contributed by atoms with Gasteiger partial charge in [-0.15, -0.1) is 0 Å². The van der Waals surface area contributed by atoms with Crippen LogP contribution in [0.1, 0.15) is 61.4 Å². The fraction of sp³-hybridized carbons (Fsp3) is 0.448. The molecule has 2 aliphatic rings. The van der Waals surface area contributed by atoms with Crippen LogP contribution in [-0.4, -0.2) is 47.0 Å². The molecule has 2 aliphatic carbocycles. The number of hydrogen-bond acceptors (Lipinski definition) is 5. The monoisotopic (exact) mass is 491 g/mol. The summed E-state index contributed by atoms with van der Waals surface area (Å²) in [5.74, 6) is 0.481. The Balaban J connectivity index is 1.57. The van der Waals surface area contributed by atoms with E-state index in [1.807, 2.05) is 25.1 Å². The predicted molar refractivity (Wildman–Crippen MR) is 144 cm³/mol. The van der Waals surface area contributed by atoms with Crippen molar-refractivity contribution in [2.45, 2.75) is 64.0 Å². The van der Waals surface area contributed by atoms with Crippen LogP contribution < -0.4 is 5.32 Å². The van der Waals surface area contributed by atoms with Crippen molar-refractivity contribution in [3.8, 4) is 16.9 Å². The van der Waals surface area contributed by atoms with Gasteiger partial charge in [0.2, 0.25) is 0 Å².